The number of fused-ring (bicyclic) bond motifs is 2. The van der Waals surface area contributed by atoms with Crippen LogP contribution < -0.4 is 10.5 Å². The second-order valence-electron chi connectivity index (χ2n) is 12.9. The molecule has 2 aliphatic heterocycles. The quantitative estimate of drug-likeness (QED) is 0.571. The lowest BCUT2D eigenvalue weighted by Crippen LogP contribution is -2.81. The third-order valence-corrected chi connectivity index (χ3v) is 11.5. The summed E-state index contributed by atoms with van der Waals surface area (Å²) in [6.45, 7) is 3.58. The molecule has 6 atom stereocenters. The SMILES string of the molecule is CO[C@]12CC[C@@]3(C[C@@H]1COCc1ccccc1)C1Cc4ccc(C(N)=O)c5c4[C@@]3(CCN1CC1CC1)[C@H]2O5. The van der Waals surface area contributed by atoms with Crippen molar-refractivity contribution in [1.29, 1.82) is 0 Å². The summed E-state index contributed by atoms with van der Waals surface area (Å²) in [5, 5.41) is 0. The van der Waals surface area contributed by atoms with Crippen LogP contribution in [0.15, 0.2) is 42.5 Å². The van der Waals surface area contributed by atoms with E-state index in [0.717, 1.165) is 50.3 Å². The number of piperidine rings is 1. The number of nitrogens with two attached hydrogens (primary N) is 1. The van der Waals surface area contributed by atoms with Crippen LogP contribution in [0.3, 0.4) is 0 Å². The van der Waals surface area contributed by atoms with E-state index in [9.17, 15) is 4.79 Å². The van der Waals surface area contributed by atoms with E-state index in [4.69, 9.17) is 19.9 Å². The number of nitrogens with zero attached hydrogens (tertiary/aromatic N) is 1. The highest BCUT2D eigenvalue weighted by Gasteiger charge is 2.80. The molecule has 2 aromatic carbocycles. The van der Waals surface area contributed by atoms with Gasteiger partial charge in [-0.2, -0.15) is 0 Å². The second-order valence-corrected chi connectivity index (χ2v) is 12.9. The van der Waals surface area contributed by atoms with Gasteiger partial charge in [-0.3, -0.25) is 9.69 Å². The average Bonchev–Trinajstić information content (AvgIpc) is 3.67. The fraction of sp³-hybridized carbons (Fsp3) is 0.594. The number of rotatable bonds is 8. The zero-order valence-corrected chi connectivity index (χ0v) is 22.3. The maximum atomic E-state index is 12.6. The molecule has 0 aromatic heterocycles. The number of amides is 1. The van der Waals surface area contributed by atoms with Gasteiger partial charge in [0, 0.05) is 42.0 Å². The van der Waals surface area contributed by atoms with Gasteiger partial charge < -0.3 is 19.9 Å². The number of hydrogen-bond donors (Lipinski definition) is 1. The maximum absolute atomic E-state index is 12.6. The molecule has 1 saturated heterocycles. The molecule has 6 heteroatoms. The van der Waals surface area contributed by atoms with Crippen LogP contribution in [0, 0.1) is 17.3 Å². The Kier molecular flexibility index (Phi) is 4.98. The monoisotopic (exact) mass is 514 g/mol. The summed E-state index contributed by atoms with van der Waals surface area (Å²) < 4.78 is 20.0. The summed E-state index contributed by atoms with van der Waals surface area (Å²) in [7, 11) is 1.87. The van der Waals surface area contributed by atoms with Crippen molar-refractivity contribution < 1.29 is 19.0 Å². The minimum absolute atomic E-state index is 0.0976. The molecule has 6 nitrogen and oxygen atoms in total. The second kappa shape index (κ2) is 8.06. The fourth-order valence-corrected chi connectivity index (χ4v) is 9.85. The summed E-state index contributed by atoms with van der Waals surface area (Å²) in [5.74, 6) is 1.45. The Morgan fingerprint density at radius 1 is 1.13 bits per heavy atom. The van der Waals surface area contributed by atoms with E-state index >= 15 is 0 Å². The molecule has 2 N–H and O–H groups in total. The lowest BCUT2D eigenvalue weighted by atomic mass is 9.35. The lowest BCUT2D eigenvalue weighted by molar-refractivity contribution is -0.283. The predicted molar refractivity (Wildman–Crippen MR) is 143 cm³/mol. The van der Waals surface area contributed by atoms with Crippen molar-refractivity contribution in [3.8, 4) is 5.75 Å². The van der Waals surface area contributed by atoms with Gasteiger partial charge in [-0.05, 0) is 74.6 Å². The highest BCUT2D eigenvalue weighted by Crippen LogP contribution is 2.76. The maximum Gasteiger partial charge on any atom is 0.252 e. The molecule has 0 radical (unpaired) electrons. The summed E-state index contributed by atoms with van der Waals surface area (Å²) in [4.78, 5) is 15.4. The summed E-state index contributed by atoms with van der Waals surface area (Å²) in [6, 6.07) is 15.0. The first-order valence-corrected chi connectivity index (χ1v) is 14.6. The van der Waals surface area contributed by atoms with Crippen LogP contribution in [0.5, 0.6) is 5.75 Å². The van der Waals surface area contributed by atoms with Crippen molar-refractivity contribution >= 4 is 5.91 Å². The molecule has 9 rings (SSSR count). The number of primary amides is 1. The molecule has 2 heterocycles. The van der Waals surface area contributed by atoms with Gasteiger partial charge in [0.05, 0.1) is 18.8 Å². The molecule has 1 unspecified atom stereocenters. The van der Waals surface area contributed by atoms with Crippen molar-refractivity contribution in [2.24, 2.45) is 23.0 Å². The van der Waals surface area contributed by atoms with Crippen LogP contribution in [-0.2, 0) is 27.9 Å². The number of benzene rings is 2. The molecular weight excluding hydrogens is 476 g/mol. The molecule has 5 aliphatic carbocycles. The first-order valence-electron chi connectivity index (χ1n) is 14.6. The molecule has 4 saturated carbocycles. The highest BCUT2D eigenvalue weighted by atomic mass is 16.6. The summed E-state index contributed by atoms with van der Waals surface area (Å²) in [5.41, 5.74) is 9.82. The van der Waals surface area contributed by atoms with Gasteiger partial charge in [-0.1, -0.05) is 36.4 Å². The van der Waals surface area contributed by atoms with Gasteiger partial charge in [-0.25, -0.2) is 0 Å². The van der Waals surface area contributed by atoms with Crippen LogP contribution in [0.2, 0.25) is 0 Å². The topological polar surface area (TPSA) is 74.0 Å². The normalized spacial score (nSPS) is 38.1. The molecule has 7 aliphatic rings. The van der Waals surface area contributed by atoms with Gasteiger partial charge in [0.2, 0.25) is 0 Å². The third kappa shape index (κ3) is 2.87. The number of ether oxygens (including phenoxy) is 3. The molecule has 2 aromatic rings. The van der Waals surface area contributed by atoms with Crippen LogP contribution in [0.1, 0.15) is 65.6 Å². The van der Waals surface area contributed by atoms with Crippen LogP contribution in [0.4, 0.5) is 0 Å². The molecule has 2 spiro atoms. The number of hydrogen-bond acceptors (Lipinski definition) is 5. The molecule has 5 fully saturated rings. The average molecular weight is 515 g/mol. The van der Waals surface area contributed by atoms with Crippen molar-refractivity contribution in [3.63, 3.8) is 0 Å². The Balaban J connectivity index is 1.24. The summed E-state index contributed by atoms with van der Waals surface area (Å²) in [6.07, 6.45) is 7.92. The van der Waals surface area contributed by atoms with Gasteiger partial charge in [-0.15, -0.1) is 0 Å². The van der Waals surface area contributed by atoms with Crippen LogP contribution in [-0.4, -0.2) is 55.4 Å². The standard InChI is InChI=1S/C32H38N2O4/c1-36-32-12-11-30(16-23(32)19-37-18-21-5-3-2-4-6-21)25-15-22-9-10-24(28(33)35)27-26(22)31(30,29(32)38-27)13-14-34(25)17-20-7-8-20/h2-6,9-10,20,23,25,29H,7-8,11-19H2,1H3,(H2,33,35)/t23-,25?,29-,30-,31+,32-/m1/s1. The Morgan fingerprint density at radius 3 is 2.74 bits per heavy atom. The zero-order chi connectivity index (χ0) is 25.7. The Bertz CT molecular complexity index is 1290. The van der Waals surface area contributed by atoms with Crippen LogP contribution in [0.25, 0.3) is 0 Å². The van der Waals surface area contributed by atoms with Gasteiger partial charge in [0.25, 0.3) is 5.91 Å². The van der Waals surface area contributed by atoms with E-state index < -0.39 is 11.5 Å². The van der Waals surface area contributed by atoms with E-state index in [2.05, 4.69) is 35.2 Å². The fourth-order valence-electron chi connectivity index (χ4n) is 9.85. The molecular formula is C32H38N2O4. The minimum Gasteiger partial charge on any atom is -0.485 e. The predicted octanol–water partition coefficient (Wildman–Crippen LogP) is 4.23. The number of methoxy groups -OCH3 is 1. The van der Waals surface area contributed by atoms with Gasteiger partial charge >= 0.3 is 0 Å². The van der Waals surface area contributed by atoms with E-state index in [1.54, 1.807) is 0 Å². The summed E-state index contributed by atoms with van der Waals surface area (Å²) >= 11 is 0. The van der Waals surface area contributed by atoms with Crippen molar-refractivity contribution in [1.82, 2.24) is 4.90 Å². The smallest absolute Gasteiger partial charge is 0.252 e. The molecule has 4 bridgehead atoms. The number of likely N-dealkylation sites (tertiary alicyclic amines) is 1. The Morgan fingerprint density at radius 2 is 1.97 bits per heavy atom. The first kappa shape index (κ1) is 23.5. The largest absolute Gasteiger partial charge is 0.485 e. The lowest BCUT2D eigenvalue weighted by Gasteiger charge is -2.74. The minimum atomic E-state index is -0.440. The third-order valence-electron chi connectivity index (χ3n) is 11.5. The van der Waals surface area contributed by atoms with E-state index in [0.29, 0.717) is 24.8 Å². The Labute approximate surface area is 224 Å². The Hall–Kier alpha value is -2.41. The van der Waals surface area contributed by atoms with E-state index in [-0.39, 0.29) is 22.9 Å². The van der Waals surface area contributed by atoms with Crippen molar-refractivity contribution in [2.75, 3.05) is 26.8 Å². The first-order chi connectivity index (χ1) is 18.5. The van der Waals surface area contributed by atoms with Crippen LogP contribution >= 0.6 is 0 Å². The van der Waals surface area contributed by atoms with Crippen molar-refractivity contribution in [2.45, 2.75) is 74.7 Å². The van der Waals surface area contributed by atoms with E-state index in [1.165, 1.54) is 36.1 Å². The molecule has 1 amide bonds. The number of carbonyl (C=O) groups is 1. The van der Waals surface area contributed by atoms with E-state index in [1.807, 2.05) is 19.2 Å². The molecule has 38 heavy (non-hydrogen) atoms. The van der Waals surface area contributed by atoms with Crippen molar-refractivity contribution in [3.05, 3.63) is 64.7 Å². The molecule has 200 valence electrons. The number of carbonyl (C=O) groups excluding carboxylic acids is 1. The van der Waals surface area contributed by atoms with Gasteiger partial charge in [0.1, 0.15) is 17.5 Å². The zero-order valence-electron chi connectivity index (χ0n) is 22.3. The van der Waals surface area contributed by atoms with Gasteiger partial charge in [0.15, 0.2) is 0 Å². The highest BCUT2D eigenvalue weighted by molar-refractivity contribution is 5.97.